The number of aromatic amines is 4. The predicted molar refractivity (Wildman–Crippen MR) is 324 cm³/mol. The maximum atomic E-state index is 13.4. The Kier molecular flexibility index (Phi) is 18.9. The highest BCUT2D eigenvalue weighted by atomic mass is 16.5. The minimum absolute atomic E-state index is 0.0583. The lowest BCUT2D eigenvalue weighted by atomic mass is 9.70. The van der Waals surface area contributed by atoms with Gasteiger partial charge < -0.3 is 79.7 Å². The summed E-state index contributed by atoms with van der Waals surface area (Å²) in [5.74, 6) is -4.21. The van der Waals surface area contributed by atoms with Crippen molar-refractivity contribution in [1.82, 2.24) is 19.9 Å². The third-order valence-electron chi connectivity index (χ3n) is 17.0. The molecule has 1 aliphatic heterocycles. The molecule has 4 aromatic carbocycles. The van der Waals surface area contributed by atoms with E-state index in [0.717, 1.165) is 0 Å². The van der Waals surface area contributed by atoms with Crippen LogP contribution >= 0.6 is 0 Å². The average molecular weight is 1210 g/mol. The summed E-state index contributed by atoms with van der Waals surface area (Å²) in [6, 6.07) is 31.5. The zero-order valence-electron chi connectivity index (χ0n) is 49.7. The Labute approximate surface area is 508 Å². The van der Waals surface area contributed by atoms with E-state index in [-0.39, 0.29) is 149 Å². The first-order chi connectivity index (χ1) is 42.2. The Hall–Kier alpha value is -9.72. The molecule has 0 fully saturated rings. The number of hydrogen-bond donors (Lipinski definition) is 12. The molecule has 0 aliphatic carbocycles. The molecule has 8 bridgehead atoms. The van der Waals surface area contributed by atoms with Gasteiger partial charge in [-0.3, -0.25) is 19.2 Å². The number of phenolic OH excluding ortho intramolecular Hbond substituents is 8. The second-order valence-electron chi connectivity index (χ2n) is 22.4. The van der Waals surface area contributed by atoms with Crippen LogP contribution in [0.2, 0.25) is 0 Å². The molecule has 8 aromatic rings. The van der Waals surface area contributed by atoms with Gasteiger partial charge in [0.15, 0.2) is 0 Å². The van der Waals surface area contributed by atoms with Crippen LogP contribution in [0.1, 0.15) is 173 Å². The highest BCUT2D eigenvalue weighted by Gasteiger charge is 2.49. The smallest absolute Gasteiger partial charge is 0.305 e. The highest BCUT2D eigenvalue weighted by Crippen LogP contribution is 2.54. The van der Waals surface area contributed by atoms with Gasteiger partial charge in [0.25, 0.3) is 0 Å². The van der Waals surface area contributed by atoms with E-state index < -0.39 is 45.5 Å². The Morgan fingerprint density at radius 2 is 0.455 bits per heavy atom. The van der Waals surface area contributed by atoms with Crippen LogP contribution in [-0.4, -0.2) is 111 Å². The average Bonchev–Trinajstić information content (AvgIpc) is 1.54. The predicted octanol–water partition coefficient (Wildman–Crippen LogP) is 11.2. The second kappa shape index (κ2) is 26.5. The van der Waals surface area contributed by atoms with E-state index in [1.807, 2.05) is 48.5 Å². The van der Waals surface area contributed by atoms with Crippen LogP contribution in [0.25, 0.3) is 0 Å². The van der Waals surface area contributed by atoms with E-state index >= 15 is 0 Å². The number of nitrogens with one attached hydrogen (secondary N) is 4. The number of carbonyl (C=O) groups is 4. The lowest BCUT2D eigenvalue weighted by molar-refractivity contribution is -0.144. The molecule has 1 aliphatic rings. The van der Waals surface area contributed by atoms with Crippen LogP contribution in [0.3, 0.4) is 0 Å². The summed E-state index contributed by atoms with van der Waals surface area (Å²) in [5, 5.41) is 92.2. The first kappa shape index (κ1) is 62.8. The van der Waals surface area contributed by atoms with Crippen LogP contribution in [0.15, 0.2) is 121 Å². The van der Waals surface area contributed by atoms with E-state index in [1.54, 1.807) is 27.7 Å². The molecular formula is C68H76N4O16. The number of H-pyrrole nitrogens is 4. The zero-order chi connectivity index (χ0) is 63.0. The molecule has 20 nitrogen and oxygen atoms in total. The van der Waals surface area contributed by atoms with Crippen LogP contribution in [0.4, 0.5) is 0 Å². The zero-order valence-corrected chi connectivity index (χ0v) is 49.7. The first-order valence-electron chi connectivity index (χ1n) is 29.8. The van der Waals surface area contributed by atoms with Crippen molar-refractivity contribution >= 4 is 23.9 Å². The second-order valence-corrected chi connectivity index (χ2v) is 22.4. The fourth-order valence-electron chi connectivity index (χ4n) is 13.3. The summed E-state index contributed by atoms with van der Waals surface area (Å²) in [5.41, 5.74) is -1.05. The molecule has 5 heterocycles. The summed E-state index contributed by atoms with van der Waals surface area (Å²) in [7, 11) is 0. The monoisotopic (exact) mass is 1200 g/mol. The molecule has 20 heteroatoms. The maximum absolute atomic E-state index is 13.4. The molecule has 0 unspecified atom stereocenters. The number of phenols is 8. The minimum Gasteiger partial charge on any atom is -0.508 e. The third kappa shape index (κ3) is 12.5. The van der Waals surface area contributed by atoms with Gasteiger partial charge >= 0.3 is 23.9 Å². The number of carbonyl (C=O) groups excluding carboxylic acids is 4. The third-order valence-corrected chi connectivity index (χ3v) is 17.0. The normalized spacial score (nSPS) is 18.8. The fourth-order valence-corrected chi connectivity index (χ4v) is 13.3. The molecule has 0 spiro atoms. The van der Waals surface area contributed by atoms with Crippen molar-refractivity contribution in [2.75, 3.05) is 26.4 Å². The van der Waals surface area contributed by atoms with E-state index in [9.17, 15) is 60.0 Å². The van der Waals surface area contributed by atoms with Crippen LogP contribution < -0.4 is 0 Å². The Balaban J connectivity index is 1.48. The van der Waals surface area contributed by atoms with Crippen molar-refractivity contribution in [3.8, 4) is 46.0 Å². The van der Waals surface area contributed by atoms with Crippen molar-refractivity contribution < 1.29 is 79.0 Å². The summed E-state index contributed by atoms with van der Waals surface area (Å²) in [4.78, 5) is 68.7. The van der Waals surface area contributed by atoms with Crippen LogP contribution in [0, 0.1) is 0 Å². The number of hydrogen-bond acceptors (Lipinski definition) is 16. The number of aromatic nitrogens is 4. The molecule has 4 aromatic heterocycles. The largest absolute Gasteiger partial charge is 0.508 e. The number of esters is 4. The molecule has 0 saturated carbocycles. The topological polar surface area (TPSA) is 330 Å². The molecular weight excluding hydrogens is 1130 g/mol. The van der Waals surface area contributed by atoms with Gasteiger partial charge in [0.05, 0.1) is 48.1 Å². The molecule has 0 saturated heterocycles. The summed E-state index contributed by atoms with van der Waals surface area (Å²) < 4.78 is 21.8. The van der Waals surface area contributed by atoms with Gasteiger partial charge in [0.2, 0.25) is 0 Å². The van der Waals surface area contributed by atoms with Gasteiger partial charge in [-0.2, -0.15) is 0 Å². The van der Waals surface area contributed by atoms with Crippen molar-refractivity contribution in [1.29, 1.82) is 0 Å². The molecule has 12 N–H and O–H groups in total. The van der Waals surface area contributed by atoms with E-state index in [4.69, 9.17) is 18.9 Å². The Bertz CT molecular complexity index is 3150. The van der Waals surface area contributed by atoms with Crippen molar-refractivity contribution in [2.24, 2.45) is 0 Å². The Morgan fingerprint density at radius 3 is 0.602 bits per heavy atom. The number of fused-ring (bicyclic) bond motifs is 8. The van der Waals surface area contributed by atoms with Crippen molar-refractivity contribution in [3.63, 3.8) is 0 Å². The van der Waals surface area contributed by atoms with E-state index in [1.165, 1.54) is 72.8 Å². The number of benzene rings is 4. The van der Waals surface area contributed by atoms with Gasteiger partial charge in [-0.25, -0.2) is 0 Å². The van der Waals surface area contributed by atoms with Gasteiger partial charge in [-0.1, -0.05) is 0 Å². The van der Waals surface area contributed by atoms with Gasteiger partial charge in [0, 0.05) is 95.5 Å². The van der Waals surface area contributed by atoms with Crippen molar-refractivity contribution in [2.45, 2.75) is 126 Å². The van der Waals surface area contributed by atoms with Gasteiger partial charge in [0.1, 0.15) is 46.0 Å². The molecule has 88 heavy (non-hydrogen) atoms. The standard InChI is InChI=1S/C68H76N4O16/c1-5-85-61(81)13-9-25-65(41-29-45(73)37-46(74)30-41)53-17-19-55(69-53)66(26-10-14-62(82)86-6-2,42-31-47(75)38-48(76)32-42)57-21-23-59(71-57)68(28-12-16-64(84)88-8-4,44-35-51(79)40-52(80)36-44)60-24-22-58(72-60)67(56-20-18-54(65)70-56,27-11-15-63(83)87-7-3)43-33-49(77)39-50(78)34-43/h17-24,29-40,69-80H,5-16,25-28H2,1-4H3. The lowest BCUT2D eigenvalue weighted by Gasteiger charge is -2.38. The first-order valence-corrected chi connectivity index (χ1v) is 29.8. The molecule has 464 valence electrons. The molecule has 0 amide bonds. The molecule has 0 radical (unpaired) electrons. The van der Waals surface area contributed by atoms with Crippen LogP contribution in [-0.2, 0) is 59.8 Å². The number of ether oxygens (including phenoxy) is 4. The van der Waals surface area contributed by atoms with Gasteiger partial charge in [-0.15, -0.1) is 0 Å². The van der Waals surface area contributed by atoms with E-state index in [2.05, 4.69) is 19.9 Å². The van der Waals surface area contributed by atoms with E-state index in [0.29, 0.717) is 67.8 Å². The number of aromatic hydroxyl groups is 8. The summed E-state index contributed by atoms with van der Waals surface area (Å²) in [6.45, 7) is 7.33. The molecule has 0 atom stereocenters. The quantitative estimate of drug-likeness (QED) is 0.0198. The maximum Gasteiger partial charge on any atom is 0.305 e. The SMILES string of the molecule is CCOC(=O)CCCC1(c2cc(O)cc(O)c2)c2ccc([nH]2)C(CCCC(=O)OCC)(c2cc(O)cc(O)c2)c2ccc([nH]2)C(CCCC(=O)OCC)(c2cc(O)cc(O)c2)c2ccc([nH]2)C(CCCC(=O)OCC)(c2cc(O)cc(O)c2)c2ccc1[nH]2. The fraction of sp³-hybridized carbons (Fsp3) is 0.353. The van der Waals surface area contributed by atoms with Crippen molar-refractivity contribution in [3.05, 3.63) is 189 Å². The lowest BCUT2D eigenvalue weighted by Crippen LogP contribution is -2.36. The minimum atomic E-state index is -1.50. The summed E-state index contributed by atoms with van der Waals surface area (Å²) in [6.07, 6.45) is 0.773. The highest BCUT2D eigenvalue weighted by molar-refractivity contribution is 5.71. The summed E-state index contributed by atoms with van der Waals surface area (Å²) >= 11 is 0. The molecule has 9 rings (SSSR count). The van der Waals surface area contributed by atoms with Crippen LogP contribution in [0.5, 0.6) is 46.0 Å². The Morgan fingerprint density at radius 1 is 0.295 bits per heavy atom. The van der Waals surface area contributed by atoms with Gasteiger partial charge in [-0.05, 0) is 198 Å². The number of rotatable bonds is 24.